The van der Waals surface area contributed by atoms with Gasteiger partial charge in [-0.2, -0.15) is 0 Å². The standard InChI is InChI=1S/C17H23NO4S/c1-3-4-5-17(19)18-12-10-16(11-13-18)23(20,21)15-8-6-14(22-2)7-9-15/h3,6-9,16H,1,4-5,10-13H2,2H3. The molecule has 23 heavy (non-hydrogen) atoms. The van der Waals surface area contributed by atoms with Crippen molar-refractivity contribution in [1.82, 2.24) is 4.90 Å². The Morgan fingerprint density at radius 2 is 1.91 bits per heavy atom. The number of hydrogen-bond donors (Lipinski definition) is 0. The third-order valence-corrected chi connectivity index (χ3v) is 6.46. The number of hydrogen-bond acceptors (Lipinski definition) is 4. The first kappa shape index (κ1) is 17.5. The molecule has 6 heteroatoms. The molecule has 1 aliphatic heterocycles. The Hall–Kier alpha value is -1.82. The summed E-state index contributed by atoms with van der Waals surface area (Å²) in [6.45, 7) is 4.60. The van der Waals surface area contributed by atoms with Crippen LogP contribution in [0.25, 0.3) is 0 Å². The van der Waals surface area contributed by atoms with Crippen LogP contribution in [0.2, 0.25) is 0 Å². The highest BCUT2D eigenvalue weighted by Crippen LogP contribution is 2.26. The Kier molecular flexibility index (Phi) is 5.82. The molecule has 0 atom stereocenters. The van der Waals surface area contributed by atoms with Gasteiger partial charge in [-0.15, -0.1) is 6.58 Å². The van der Waals surface area contributed by atoms with E-state index in [2.05, 4.69) is 6.58 Å². The van der Waals surface area contributed by atoms with Crippen LogP contribution >= 0.6 is 0 Å². The lowest BCUT2D eigenvalue weighted by atomic mass is 10.1. The van der Waals surface area contributed by atoms with Gasteiger partial charge >= 0.3 is 0 Å². The van der Waals surface area contributed by atoms with E-state index in [9.17, 15) is 13.2 Å². The fraction of sp³-hybridized carbons (Fsp3) is 0.471. The number of rotatable bonds is 6. The first-order valence-corrected chi connectivity index (χ1v) is 9.30. The fourth-order valence-corrected chi connectivity index (χ4v) is 4.49. The fourth-order valence-electron chi connectivity index (χ4n) is 2.76. The zero-order valence-corrected chi connectivity index (χ0v) is 14.2. The van der Waals surface area contributed by atoms with Crippen molar-refractivity contribution in [2.24, 2.45) is 0 Å². The largest absolute Gasteiger partial charge is 0.497 e. The SMILES string of the molecule is C=CCCC(=O)N1CCC(S(=O)(=O)c2ccc(OC)cc2)CC1. The predicted molar refractivity (Wildman–Crippen MR) is 89.2 cm³/mol. The molecule has 0 aromatic heterocycles. The highest BCUT2D eigenvalue weighted by atomic mass is 32.2. The number of ether oxygens (including phenoxy) is 1. The van der Waals surface area contributed by atoms with Gasteiger partial charge in [0, 0.05) is 19.5 Å². The van der Waals surface area contributed by atoms with E-state index < -0.39 is 15.1 Å². The lowest BCUT2D eigenvalue weighted by molar-refractivity contribution is -0.131. The molecular formula is C17H23NO4S. The molecule has 0 spiro atoms. The molecular weight excluding hydrogens is 314 g/mol. The number of carbonyl (C=O) groups excluding carboxylic acids is 1. The minimum absolute atomic E-state index is 0.0743. The molecule has 0 N–H and O–H groups in total. The molecule has 0 radical (unpaired) electrons. The van der Waals surface area contributed by atoms with Crippen molar-refractivity contribution >= 4 is 15.7 Å². The van der Waals surface area contributed by atoms with E-state index in [1.807, 2.05) is 0 Å². The molecule has 1 saturated heterocycles. The third-order valence-electron chi connectivity index (χ3n) is 4.18. The number of likely N-dealkylation sites (tertiary alicyclic amines) is 1. The monoisotopic (exact) mass is 337 g/mol. The molecule has 5 nitrogen and oxygen atoms in total. The van der Waals surface area contributed by atoms with Gasteiger partial charge in [0.15, 0.2) is 9.84 Å². The van der Waals surface area contributed by atoms with Crippen LogP contribution in [0, 0.1) is 0 Å². The first-order valence-electron chi connectivity index (χ1n) is 7.75. The first-order chi connectivity index (χ1) is 11.0. The highest BCUT2D eigenvalue weighted by Gasteiger charge is 2.32. The number of amides is 1. The van der Waals surface area contributed by atoms with Crippen LogP contribution in [0.15, 0.2) is 41.8 Å². The predicted octanol–water partition coefficient (Wildman–Crippen LogP) is 2.43. The zero-order chi connectivity index (χ0) is 16.9. The van der Waals surface area contributed by atoms with Gasteiger partial charge in [-0.05, 0) is 43.5 Å². The van der Waals surface area contributed by atoms with Gasteiger partial charge < -0.3 is 9.64 Å². The van der Waals surface area contributed by atoms with Gasteiger partial charge in [0.2, 0.25) is 5.91 Å². The summed E-state index contributed by atoms with van der Waals surface area (Å²) in [5.41, 5.74) is 0. The molecule has 126 valence electrons. The summed E-state index contributed by atoms with van der Waals surface area (Å²) in [4.78, 5) is 14.0. The van der Waals surface area contributed by atoms with Crippen LogP contribution in [-0.2, 0) is 14.6 Å². The smallest absolute Gasteiger partial charge is 0.222 e. The molecule has 0 unspecified atom stereocenters. The minimum atomic E-state index is -3.36. The molecule has 1 aliphatic rings. The van der Waals surface area contributed by atoms with Gasteiger partial charge in [-0.25, -0.2) is 8.42 Å². The second-order valence-electron chi connectivity index (χ2n) is 5.63. The quantitative estimate of drug-likeness (QED) is 0.748. The lowest BCUT2D eigenvalue weighted by Crippen LogP contribution is -2.42. The zero-order valence-electron chi connectivity index (χ0n) is 13.4. The van der Waals surface area contributed by atoms with Gasteiger partial charge in [0.05, 0.1) is 17.3 Å². The van der Waals surface area contributed by atoms with Crippen LogP contribution < -0.4 is 4.74 Å². The van der Waals surface area contributed by atoms with E-state index in [-0.39, 0.29) is 5.91 Å². The second-order valence-corrected chi connectivity index (χ2v) is 7.86. The van der Waals surface area contributed by atoms with Crippen molar-refractivity contribution < 1.29 is 17.9 Å². The molecule has 1 fully saturated rings. The van der Waals surface area contributed by atoms with E-state index in [1.54, 1.807) is 42.4 Å². The molecule has 1 aromatic carbocycles. The summed E-state index contributed by atoms with van der Waals surface area (Å²) in [5, 5.41) is -0.431. The van der Waals surface area contributed by atoms with E-state index in [4.69, 9.17) is 4.74 Å². The molecule has 0 bridgehead atoms. The number of piperidine rings is 1. The van der Waals surface area contributed by atoms with Gasteiger partial charge in [-0.1, -0.05) is 6.08 Å². The van der Waals surface area contributed by atoms with Crippen molar-refractivity contribution in [2.45, 2.75) is 35.8 Å². The molecule has 1 amide bonds. The molecule has 2 rings (SSSR count). The summed E-state index contributed by atoms with van der Waals surface area (Å²) < 4.78 is 30.4. The maximum absolute atomic E-state index is 12.7. The lowest BCUT2D eigenvalue weighted by Gasteiger charge is -2.31. The summed E-state index contributed by atoms with van der Waals surface area (Å²) in [7, 11) is -1.82. The molecule has 1 heterocycles. The van der Waals surface area contributed by atoms with E-state index in [1.165, 1.54) is 0 Å². The topological polar surface area (TPSA) is 63.7 Å². The number of nitrogens with zero attached hydrogens (tertiary/aromatic N) is 1. The van der Waals surface area contributed by atoms with E-state index >= 15 is 0 Å². The number of carbonyl (C=O) groups is 1. The minimum Gasteiger partial charge on any atom is -0.497 e. The number of methoxy groups -OCH3 is 1. The summed E-state index contributed by atoms with van der Waals surface area (Å²) in [6.07, 6.45) is 3.78. The molecule has 0 aliphatic carbocycles. The normalized spacial score (nSPS) is 16.1. The molecule has 1 aromatic rings. The Bertz CT molecular complexity index is 644. The Morgan fingerprint density at radius 3 is 2.43 bits per heavy atom. The Morgan fingerprint density at radius 1 is 1.30 bits per heavy atom. The Balaban J connectivity index is 2.00. The van der Waals surface area contributed by atoms with Crippen molar-refractivity contribution in [3.63, 3.8) is 0 Å². The van der Waals surface area contributed by atoms with Crippen LogP contribution in [0.1, 0.15) is 25.7 Å². The number of sulfone groups is 1. The maximum atomic E-state index is 12.7. The van der Waals surface area contributed by atoms with Crippen LogP contribution in [-0.4, -0.2) is 44.7 Å². The van der Waals surface area contributed by atoms with Crippen LogP contribution in [0.5, 0.6) is 5.75 Å². The Labute approximate surface area is 137 Å². The van der Waals surface area contributed by atoms with Crippen molar-refractivity contribution in [3.8, 4) is 5.75 Å². The maximum Gasteiger partial charge on any atom is 0.222 e. The summed E-state index contributed by atoms with van der Waals surface area (Å²) in [5.74, 6) is 0.705. The van der Waals surface area contributed by atoms with Crippen molar-refractivity contribution in [2.75, 3.05) is 20.2 Å². The number of allylic oxidation sites excluding steroid dienone is 1. The van der Waals surface area contributed by atoms with E-state index in [0.717, 1.165) is 0 Å². The van der Waals surface area contributed by atoms with Crippen LogP contribution in [0.4, 0.5) is 0 Å². The highest BCUT2D eigenvalue weighted by molar-refractivity contribution is 7.92. The summed E-state index contributed by atoms with van der Waals surface area (Å²) >= 11 is 0. The molecule has 0 saturated carbocycles. The van der Waals surface area contributed by atoms with Gasteiger partial charge in [0.25, 0.3) is 0 Å². The van der Waals surface area contributed by atoms with Crippen molar-refractivity contribution in [1.29, 1.82) is 0 Å². The third kappa shape index (κ3) is 4.13. The van der Waals surface area contributed by atoms with Gasteiger partial charge in [0.1, 0.15) is 5.75 Å². The van der Waals surface area contributed by atoms with Gasteiger partial charge in [-0.3, -0.25) is 4.79 Å². The average molecular weight is 337 g/mol. The van der Waals surface area contributed by atoms with Crippen LogP contribution in [0.3, 0.4) is 0 Å². The second kappa shape index (κ2) is 7.64. The average Bonchev–Trinajstić information content (AvgIpc) is 2.59. The van der Waals surface area contributed by atoms with E-state index in [0.29, 0.717) is 49.4 Å². The number of benzene rings is 1. The summed E-state index contributed by atoms with van der Waals surface area (Å²) in [6, 6.07) is 6.47. The van der Waals surface area contributed by atoms with Crippen molar-refractivity contribution in [3.05, 3.63) is 36.9 Å².